The number of esters is 6. The minimum absolute atomic E-state index is 0.0228. The van der Waals surface area contributed by atoms with Gasteiger partial charge in [0.1, 0.15) is 6.10 Å². The molecule has 0 spiro atoms. The molecule has 1 saturated carbocycles. The first-order valence-electron chi connectivity index (χ1n) is 32.4. The molecule has 0 atom stereocenters. The van der Waals surface area contributed by atoms with Crippen LogP contribution in [-0.2, 0) is 47.6 Å². The van der Waals surface area contributed by atoms with Gasteiger partial charge in [-0.05, 0) is 107 Å². The van der Waals surface area contributed by atoms with E-state index in [-0.39, 0.29) is 30.0 Å². The van der Waals surface area contributed by atoms with Crippen molar-refractivity contribution in [3.05, 3.63) is 35.4 Å². The number of hydrogen-bond donors (Lipinski definition) is 0. The first-order chi connectivity index (χ1) is 38.3. The average molecular weight is 1120 g/mol. The molecule has 1 aromatic rings. The largest absolute Gasteiger partial charge is 0.466 e. The Morgan fingerprint density at radius 1 is 0.367 bits per heavy atom. The van der Waals surface area contributed by atoms with Crippen molar-refractivity contribution in [3.63, 3.8) is 0 Å². The monoisotopic (exact) mass is 1110 g/mol. The number of ether oxygens (including phenoxy) is 6. The molecule has 458 valence electrons. The van der Waals surface area contributed by atoms with Gasteiger partial charge >= 0.3 is 35.8 Å². The van der Waals surface area contributed by atoms with Crippen LogP contribution >= 0.6 is 0 Å². The number of carbonyl (C=O) groups is 6. The fourth-order valence-corrected chi connectivity index (χ4v) is 9.05. The Bertz CT molecular complexity index is 1580. The zero-order valence-electron chi connectivity index (χ0n) is 51.8. The van der Waals surface area contributed by atoms with E-state index >= 15 is 0 Å². The lowest BCUT2D eigenvalue weighted by Gasteiger charge is -2.22. The summed E-state index contributed by atoms with van der Waals surface area (Å²) < 4.78 is 31.8. The highest BCUT2D eigenvalue weighted by Crippen LogP contribution is 2.23. The summed E-state index contributed by atoms with van der Waals surface area (Å²) in [5.74, 6) is 0.237. The van der Waals surface area contributed by atoms with Crippen molar-refractivity contribution in [2.24, 2.45) is 11.8 Å². The first-order valence-corrected chi connectivity index (χ1v) is 32.4. The molecular weight excluding hydrogens is 997 g/mol. The minimum atomic E-state index is -0.454. The molecule has 0 aromatic heterocycles. The van der Waals surface area contributed by atoms with Gasteiger partial charge in [-0.25, -0.2) is 9.59 Å². The van der Waals surface area contributed by atoms with Crippen LogP contribution in [0, 0.1) is 11.8 Å². The van der Waals surface area contributed by atoms with Gasteiger partial charge in [0.15, 0.2) is 0 Å². The normalized spacial score (nSPS) is 12.2. The van der Waals surface area contributed by atoms with Gasteiger partial charge in [0, 0.05) is 25.7 Å². The zero-order valence-corrected chi connectivity index (χ0v) is 51.8. The van der Waals surface area contributed by atoms with Crippen LogP contribution in [0.4, 0.5) is 0 Å². The molecule has 0 aliphatic heterocycles. The Kier molecular flexibility index (Phi) is 53.1. The van der Waals surface area contributed by atoms with Gasteiger partial charge in [0.25, 0.3) is 0 Å². The molecule has 79 heavy (non-hydrogen) atoms. The Morgan fingerprint density at radius 3 is 1.04 bits per heavy atom. The Morgan fingerprint density at radius 2 is 0.671 bits per heavy atom. The molecular formula is C67H118O12. The molecule has 0 radical (unpaired) electrons. The summed E-state index contributed by atoms with van der Waals surface area (Å²) in [5, 5.41) is 0. The molecule has 0 saturated heterocycles. The predicted molar refractivity (Wildman–Crippen MR) is 321 cm³/mol. The van der Waals surface area contributed by atoms with Crippen molar-refractivity contribution in [3.8, 4) is 0 Å². The molecule has 0 amide bonds. The highest BCUT2D eigenvalue weighted by molar-refractivity contribution is 6.03. The minimum Gasteiger partial charge on any atom is -0.466 e. The number of hydrogen-bond acceptors (Lipinski definition) is 12. The van der Waals surface area contributed by atoms with Gasteiger partial charge in [-0.15, -0.1) is 0 Å². The van der Waals surface area contributed by atoms with E-state index in [1.807, 2.05) is 6.92 Å². The molecule has 0 unspecified atom stereocenters. The molecule has 0 bridgehead atoms. The van der Waals surface area contributed by atoms with Crippen LogP contribution in [0.15, 0.2) is 24.3 Å². The molecule has 1 fully saturated rings. The van der Waals surface area contributed by atoms with Gasteiger partial charge in [0.2, 0.25) is 0 Å². The molecule has 1 aliphatic rings. The lowest BCUT2D eigenvalue weighted by molar-refractivity contribution is -0.146. The van der Waals surface area contributed by atoms with Crippen LogP contribution in [0.2, 0.25) is 0 Å². The second-order valence-electron chi connectivity index (χ2n) is 22.8. The quantitative estimate of drug-likeness (QED) is 0.0346. The Labute approximate surface area is 482 Å². The number of carbonyl (C=O) groups excluding carboxylic acids is 6. The van der Waals surface area contributed by atoms with E-state index in [4.69, 9.17) is 28.4 Å². The SMILES string of the molecule is CC(C)CCCCCOC(=O)CCCCCCCC(=O)OCCCCCC(C)C.CCCCCCCCCCOC(=O)CCCCC(=O)OCCCCCCCC.CCCCOC(=O)c1ccccc1C(=O)OC1CCCCC1. The maximum atomic E-state index is 12.3. The number of rotatable bonds is 47. The van der Waals surface area contributed by atoms with Crippen LogP contribution in [0.5, 0.6) is 0 Å². The first kappa shape index (κ1) is 75.0. The fourth-order valence-electron chi connectivity index (χ4n) is 9.05. The molecule has 0 heterocycles. The summed E-state index contributed by atoms with van der Waals surface area (Å²) in [5.41, 5.74) is 0.592. The van der Waals surface area contributed by atoms with E-state index in [0.29, 0.717) is 82.7 Å². The predicted octanol–water partition coefficient (Wildman–Crippen LogP) is 18.5. The smallest absolute Gasteiger partial charge is 0.339 e. The lowest BCUT2D eigenvalue weighted by atomic mass is 9.97. The summed E-state index contributed by atoms with van der Waals surface area (Å²) in [7, 11) is 0. The Hall–Kier alpha value is -3.96. The van der Waals surface area contributed by atoms with Crippen molar-refractivity contribution in [1.82, 2.24) is 0 Å². The van der Waals surface area contributed by atoms with E-state index in [9.17, 15) is 28.8 Å². The molecule has 1 aliphatic carbocycles. The molecule has 1 aromatic carbocycles. The molecule has 12 heteroatoms. The van der Waals surface area contributed by atoms with E-state index < -0.39 is 11.9 Å². The molecule has 0 N–H and O–H groups in total. The van der Waals surface area contributed by atoms with Gasteiger partial charge in [-0.2, -0.15) is 0 Å². The second kappa shape index (κ2) is 55.9. The maximum Gasteiger partial charge on any atom is 0.339 e. The van der Waals surface area contributed by atoms with Crippen molar-refractivity contribution in [2.75, 3.05) is 33.0 Å². The summed E-state index contributed by atoms with van der Waals surface area (Å²) in [6.07, 6.45) is 41.4. The Balaban J connectivity index is 0.00000116. The van der Waals surface area contributed by atoms with Crippen LogP contribution in [0.3, 0.4) is 0 Å². The van der Waals surface area contributed by atoms with Gasteiger partial charge < -0.3 is 28.4 Å². The third-order valence-corrected chi connectivity index (χ3v) is 14.1. The van der Waals surface area contributed by atoms with E-state index in [1.54, 1.807) is 24.3 Å². The molecule has 12 nitrogen and oxygen atoms in total. The topological polar surface area (TPSA) is 158 Å². The number of benzene rings is 1. The average Bonchev–Trinajstić information content (AvgIpc) is 3.43. The summed E-state index contributed by atoms with van der Waals surface area (Å²) in [6, 6.07) is 6.71. The number of unbranched alkanes of at least 4 members (excludes halogenated alkanes) is 22. The summed E-state index contributed by atoms with van der Waals surface area (Å²) in [4.78, 5) is 71.1. The third kappa shape index (κ3) is 50.7. The highest BCUT2D eigenvalue weighted by Gasteiger charge is 2.23. The summed E-state index contributed by atoms with van der Waals surface area (Å²) in [6.45, 7) is 18.0. The highest BCUT2D eigenvalue weighted by atomic mass is 16.6. The van der Waals surface area contributed by atoms with Crippen LogP contribution in [0.1, 0.15) is 326 Å². The van der Waals surface area contributed by atoms with E-state index in [0.717, 1.165) is 134 Å². The summed E-state index contributed by atoms with van der Waals surface area (Å²) >= 11 is 0. The van der Waals surface area contributed by atoms with Gasteiger partial charge in [-0.1, -0.05) is 208 Å². The second-order valence-corrected chi connectivity index (χ2v) is 22.8. The van der Waals surface area contributed by atoms with Crippen molar-refractivity contribution < 1.29 is 57.2 Å². The van der Waals surface area contributed by atoms with Crippen LogP contribution in [-0.4, -0.2) is 75.0 Å². The third-order valence-electron chi connectivity index (χ3n) is 14.1. The fraction of sp³-hybridized carbons (Fsp3) is 0.821. The van der Waals surface area contributed by atoms with Crippen LogP contribution < -0.4 is 0 Å². The molecule has 2 rings (SSSR count). The van der Waals surface area contributed by atoms with Gasteiger partial charge in [-0.3, -0.25) is 19.2 Å². The van der Waals surface area contributed by atoms with Crippen molar-refractivity contribution in [1.29, 1.82) is 0 Å². The van der Waals surface area contributed by atoms with Gasteiger partial charge in [0.05, 0.1) is 44.2 Å². The zero-order chi connectivity index (χ0) is 58.2. The lowest BCUT2D eigenvalue weighted by Crippen LogP contribution is -2.22. The van der Waals surface area contributed by atoms with Crippen molar-refractivity contribution in [2.45, 2.75) is 311 Å². The maximum absolute atomic E-state index is 12.3. The van der Waals surface area contributed by atoms with E-state index in [2.05, 4.69) is 41.5 Å². The van der Waals surface area contributed by atoms with Crippen molar-refractivity contribution >= 4 is 35.8 Å². The standard InChI is InChI=1S/C25H48O4.C24H46O4.C18H24O4/c1-22(2)16-10-8-14-20-28-24(26)18-12-6-5-7-13-19-25(27)29-21-15-9-11-17-23(3)4;1-3-5-7-9-11-12-14-18-22-28-24(26)20-16-15-19-23(25)27-21-17-13-10-8-6-4-2;1-2-3-13-21-17(19)15-11-7-8-12-16(15)18(20)22-14-9-5-4-6-10-14/h22-23H,5-21H2,1-4H3;3-22H2,1-2H3;7-8,11-12,14H,2-6,9-10,13H2,1H3. The van der Waals surface area contributed by atoms with Crippen LogP contribution in [0.25, 0.3) is 0 Å². The van der Waals surface area contributed by atoms with E-state index in [1.165, 1.54) is 96.3 Å².